The smallest absolute Gasteiger partial charge is 0.262 e. The molecule has 4 aromatic carbocycles. The Hall–Kier alpha value is -7.44. The molecule has 74 heavy (non-hydrogen) atoms. The predicted octanol–water partition coefficient (Wildman–Crippen LogP) is 7.56. The van der Waals surface area contributed by atoms with Crippen LogP contribution in [0.2, 0.25) is 0 Å². The number of halogens is 2. The van der Waals surface area contributed by atoms with Crippen LogP contribution in [0.15, 0.2) is 97.3 Å². The Kier molecular flexibility index (Phi) is 13.3. The van der Waals surface area contributed by atoms with E-state index < -0.39 is 52.6 Å². The average Bonchev–Trinajstić information content (AvgIpc) is 4.20. The number of pyridine rings is 1. The molecule has 5 aliphatic heterocycles. The first-order valence-corrected chi connectivity index (χ1v) is 25.6. The van der Waals surface area contributed by atoms with E-state index in [2.05, 4.69) is 43.3 Å². The van der Waals surface area contributed by atoms with Crippen molar-refractivity contribution in [2.75, 3.05) is 86.4 Å². The number of imide groups is 1. The van der Waals surface area contributed by atoms with E-state index in [1.807, 2.05) is 17.0 Å². The Balaban J connectivity index is 0.639. The van der Waals surface area contributed by atoms with E-state index in [-0.39, 0.29) is 11.1 Å². The minimum absolute atomic E-state index is 0.00451. The van der Waals surface area contributed by atoms with Crippen molar-refractivity contribution >= 4 is 63.2 Å². The number of anilines is 4. The zero-order valence-corrected chi connectivity index (χ0v) is 41.3. The molecular weight excluding hydrogens is 949 g/mol. The fraction of sp³-hybridized carbons (Fsp3) is 0.393. The summed E-state index contributed by atoms with van der Waals surface area (Å²) in [5.74, 6) is -0.940. The number of hydrogen-bond acceptors (Lipinski definition) is 12. The third kappa shape index (κ3) is 9.63. The number of benzene rings is 4. The van der Waals surface area contributed by atoms with Gasteiger partial charge in [-0.1, -0.05) is 6.58 Å². The summed E-state index contributed by atoms with van der Waals surface area (Å²) in [6, 6.07) is 20.4. The van der Waals surface area contributed by atoms with Gasteiger partial charge in [0.15, 0.2) is 0 Å². The van der Waals surface area contributed by atoms with Crippen LogP contribution in [-0.4, -0.2) is 127 Å². The first-order valence-electron chi connectivity index (χ1n) is 25.6. The zero-order chi connectivity index (χ0) is 51.3. The van der Waals surface area contributed by atoms with Gasteiger partial charge in [0.05, 0.1) is 35.1 Å². The lowest BCUT2D eigenvalue weighted by Gasteiger charge is -2.44. The molecule has 5 amide bonds. The average molecular weight is 1010 g/mol. The summed E-state index contributed by atoms with van der Waals surface area (Å²) in [6.07, 6.45) is 7.16. The van der Waals surface area contributed by atoms with Crippen LogP contribution >= 0.6 is 0 Å². The number of nitrogens with zero attached hydrogens (tertiary/aromatic N) is 6. The normalized spacial score (nSPS) is 20.6. The van der Waals surface area contributed by atoms with Crippen LogP contribution in [0, 0.1) is 23.0 Å². The second-order valence-corrected chi connectivity index (χ2v) is 20.4. The van der Waals surface area contributed by atoms with Crippen LogP contribution in [0.1, 0.15) is 72.1 Å². The molecule has 0 spiro atoms. The Morgan fingerprint density at radius 3 is 2.00 bits per heavy atom. The summed E-state index contributed by atoms with van der Waals surface area (Å²) in [5, 5.41) is 9.03. The summed E-state index contributed by atoms with van der Waals surface area (Å²) in [7, 11) is 1.68. The first-order chi connectivity index (χ1) is 35.8. The lowest BCUT2D eigenvalue weighted by Crippen LogP contribution is -2.54. The van der Waals surface area contributed by atoms with Gasteiger partial charge < -0.3 is 40.1 Å². The van der Waals surface area contributed by atoms with Crippen LogP contribution in [0.3, 0.4) is 0 Å². The SMILES string of the molecule is C=C1CCC(N2C(=O)c3cc(F)c(N4CCC(N5CCN(CC6CCN(c7cc8nccc(Oc9ccc(NC(=O)C%10(C(=O)Nc%11ccc(F)cc%11)CC%10)cc9)c8cc7OC)CC6)CC5)CC4)cc3C2=O)C(=O)N1. The molecule has 1 saturated carbocycles. The first kappa shape index (κ1) is 48.8. The summed E-state index contributed by atoms with van der Waals surface area (Å²) in [4.78, 5) is 80.9. The third-order valence-corrected chi connectivity index (χ3v) is 15.9. The van der Waals surface area contributed by atoms with Gasteiger partial charge in [0.25, 0.3) is 11.8 Å². The quantitative estimate of drug-likeness (QED) is 0.0784. The van der Waals surface area contributed by atoms with Gasteiger partial charge in [-0.25, -0.2) is 8.78 Å². The maximum Gasteiger partial charge on any atom is 0.262 e. The van der Waals surface area contributed by atoms with Crippen LogP contribution in [0.5, 0.6) is 17.2 Å². The summed E-state index contributed by atoms with van der Waals surface area (Å²) < 4.78 is 41.3. The molecule has 6 aliphatic rings. The molecule has 5 fully saturated rings. The van der Waals surface area contributed by atoms with Crippen molar-refractivity contribution in [1.82, 2.24) is 25.0 Å². The van der Waals surface area contributed by atoms with Gasteiger partial charge in [-0.2, -0.15) is 0 Å². The molecule has 0 radical (unpaired) electrons. The molecule has 4 saturated heterocycles. The number of piperidine rings is 3. The summed E-state index contributed by atoms with van der Waals surface area (Å²) in [6.45, 7) is 11.8. The highest BCUT2D eigenvalue weighted by Crippen LogP contribution is 2.48. The molecule has 1 atom stereocenters. The monoisotopic (exact) mass is 1010 g/mol. The number of carbonyl (C=O) groups excluding carboxylic acids is 5. The van der Waals surface area contributed by atoms with Gasteiger partial charge in [0, 0.05) is 93.6 Å². The molecule has 6 heterocycles. The van der Waals surface area contributed by atoms with Gasteiger partial charge in [-0.05, 0) is 136 Å². The Bertz CT molecular complexity index is 3040. The maximum atomic E-state index is 15.6. The molecule has 1 aromatic heterocycles. The fourth-order valence-corrected chi connectivity index (χ4v) is 11.4. The van der Waals surface area contributed by atoms with Crippen molar-refractivity contribution in [3.05, 3.63) is 120 Å². The second kappa shape index (κ2) is 20.1. The van der Waals surface area contributed by atoms with E-state index in [0.29, 0.717) is 85.0 Å². The standard InChI is InChI=1S/C56H59F2N9O7/c1-34-3-12-46(51(68)60-34)67-52(69)41-29-44(58)47(30-42(41)53(67)70)65-23-16-39(17-24-65)64-27-25-63(26-28-64)33-35-14-21-66(22-15-35)48-32-45-43(31-50(48)73-2)49(13-20-59-45)74-40-10-8-38(9-11-40)62-55(72)56(18-19-56)54(71)61-37-6-4-36(57)5-7-37/h4-11,13,20,29-32,35,39,46H,1,3,12,14-19,21-28,33H2,2H3,(H,60,68)(H,61,71)(H,62,72). The van der Waals surface area contributed by atoms with Crippen molar-refractivity contribution in [1.29, 1.82) is 0 Å². The maximum absolute atomic E-state index is 15.6. The number of allylic oxidation sites excluding steroid dienone is 1. The highest BCUT2D eigenvalue weighted by Gasteiger charge is 2.56. The van der Waals surface area contributed by atoms with Gasteiger partial charge >= 0.3 is 0 Å². The van der Waals surface area contributed by atoms with Gasteiger partial charge in [-0.15, -0.1) is 0 Å². The van der Waals surface area contributed by atoms with Crippen LogP contribution in [-0.2, 0) is 14.4 Å². The van der Waals surface area contributed by atoms with Crippen molar-refractivity contribution in [2.24, 2.45) is 11.3 Å². The largest absolute Gasteiger partial charge is 0.495 e. The number of hydrogen-bond donors (Lipinski definition) is 3. The molecular formula is C56H59F2N9O7. The number of rotatable bonds is 13. The molecule has 16 nitrogen and oxygen atoms in total. The minimum Gasteiger partial charge on any atom is -0.495 e. The van der Waals surface area contributed by atoms with Crippen LogP contribution < -0.4 is 35.2 Å². The van der Waals surface area contributed by atoms with Crippen LogP contribution in [0.25, 0.3) is 10.9 Å². The number of nitrogens with one attached hydrogen (secondary N) is 3. The van der Waals surface area contributed by atoms with Crippen molar-refractivity contribution in [3.8, 4) is 17.2 Å². The number of fused-ring (bicyclic) bond motifs is 2. The molecule has 1 unspecified atom stereocenters. The summed E-state index contributed by atoms with van der Waals surface area (Å²) >= 11 is 0. The number of aromatic nitrogens is 1. The topological polar surface area (TPSA) is 169 Å². The number of piperazine rings is 1. The lowest BCUT2D eigenvalue weighted by atomic mass is 9.95. The molecule has 5 aromatic rings. The lowest BCUT2D eigenvalue weighted by molar-refractivity contribution is -0.131. The Labute approximate surface area is 427 Å². The predicted molar refractivity (Wildman–Crippen MR) is 276 cm³/mol. The highest BCUT2D eigenvalue weighted by molar-refractivity contribution is 6.23. The van der Waals surface area contributed by atoms with Crippen LogP contribution in [0.4, 0.5) is 31.5 Å². The minimum atomic E-state index is -1.18. The van der Waals surface area contributed by atoms with E-state index in [9.17, 15) is 28.4 Å². The molecule has 0 bridgehead atoms. The van der Waals surface area contributed by atoms with Crippen molar-refractivity contribution in [3.63, 3.8) is 0 Å². The van der Waals surface area contributed by atoms with Crippen molar-refractivity contribution < 1.29 is 42.2 Å². The Morgan fingerprint density at radius 2 is 1.36 bits per heavy atom. The van der Waals surface area contributed by atoms with E-state index in [1.54, 1.807) is 37.6 Å². The summed E-state index contributed by atoms with van der Waals surface area (Å²) in [5.41, 5.74) is 2.56. The number of methoxy groups -OCH3 is 1. The van der Waals surface area contributed by atoms with Gasteiger partial charge in [0.1, 0.15) is 40.3 Å². The van der Waals surface area contributed by atoms with Gasteiger partial charge in [0.2, 0.25) is 17.7 Å². The zero-order valence-electron chi connectivity index (χ0n) is 41.3. The molecule has 1 aliphatic carbocycles. The highest BCUT2D eigenvalue weighted by atomic mass is 19.1. The second-order valence-electron chi connectivity index (χ2n) is 20.4. The third-order valence-electron chi connectivity index (χ3n) is 15.9. The Morgan fingerprint density at radius 1 is 0.743 bits per heavy atom. The van der Waals surface area contributed by atoms with E-state index >= 15 is 4.39 Å². The van der Waals surface area contributed by atoms with Gasteiger partial charge in [-0.3, -0.25) is 38.8 Å². The number of carbonyl (C=O) groups is 5. The molecule has 18 heteroatoms. The number of ether oxygens (including phenoxy) is 2. The molecule has 3 N–H and O–H groups in total. The van der Waals surface area contributed by atoms with E-state index in [1.165, 1.54) is 30.3 Å². The fourth-order valence-electron chi connectivity index (χ4n) is 11.4. The van der Waals surface area contributed by atoms with Crippen molar-refractivity contribution in [2.45, 2.75) is 63.5 Å². The number of amides is 5. The molecule has 384 valence electrons. The van der Waals surface area contributed by atoms with E-state index in [0.717, 1.165) is 105 Å². The molecule has 11 rings (SSSR count). The van der Waals surface area contributed by atoms with E-state index in [4.69, 9.17) is 14.5 Å².